The Hall–Kier alpha value is -1.75. The SMILES string of the molecule is CC(C(=O)NC1CC1)N(CC(=O)O)c1cccc(Cl)c1. The first kappa shape index (κ1) is 14.7. The molecule has 2 N–H and O–H groups in total. The summed E-state index contributed by atoms with van der Waals surface area (Å²) in [6.07, 6.45) is 1.99. The second-order valence-corrected chi connectivity index (χ2v) is 5.40. The molecule has 0 heterocycles. The van der Waals surface area contributed by atoms with E-state index in [2.05, 4.69) is 5.32 Å². The van der Waals surface area contributed by atoms with Crippen molar-refractivity contribution in [2.75, 3.05) is 11.4 Å². The minimum absolute atomic E-state index is 0.159. The highest BCUT2D eigenvalue weighted by molar-refractivity contribution is 6.30. The van der Waals surface area contributed by atoms with Gasteiger partial charge in [-0.05, 0) is 38.0 Å². The van der Waals surface area contributed by atoms with E-state index in [0.717, 1.165) is 12.8 Å². The number of carboxylic acids is 1. The number of amides is 1. The number of aliphatic carboxylic acids is 1. The van der Waals surface area contributed by atoms with Crippen LogP contribution in [-0.4, -0.2) is 35.6 Å². The molecule has 0 saturated heterocycles. The average molecular weight is 297 g/mol. The summed E-state index contributed by atoms with van der Waals surface area (Å²) in [5, 5.41) is 12.4. The Morgan fingerprint density at radius 2 is 2.20 bits per heavy atom. The van der Waals surface area contributed by atoms with E-state index in [1.807, 2.05) is 0 Å². The average Bonchev–Trinajstić information content (AvgIpc) is 3.18. The maximum Gasteiger partial charge on any atom is 0.323 e. The lowest BCUT2D eigenvalue weighted by molar-refractivity contribution is -0.135. The first-order valence-corrected chi connectivity index (χ1v) is 6.89. The van der Waals surface area contributed by atoms with Crippen LogP contribution in [0, 0.1) is 0 Å². The molecular weight excluding hydrogens is 280 g/mol. The molecule has 1 amide bonds. The van der Waals surface area contributed by atoms with Gasteiger partial charge in [0, 0.05) is 16.8 Å². The summed E-state index contributed by atoms with van der Waals surface area (Å²) in [5.74, 6) is -1.15. The van der Waals surface area contributed by atoms with Gasteiger partial charge in [0.1, 0.15) is 12.6 Å². The second kappa shape index (κ2) is 6.13. The van der Waals surface area contributed by atoms with Gasteiger partial charge in [0.2, 0.25) is 5.91 Å². The van der Waals surface area contributed by atoms with Crippen LogP contribution in [0.4, 0.5) is 5.69 Å². The highest BCUT2D eigenvalue weighted by Crippen LogP contribution is 2.23. The molecule has 0 radical (unpaired) electrons. The molecule has 108 valence electrons. The van der Waals surface area contributed by atoms with Crippen LogP contribution in [-0.2, 0) is 9.59 Å². The lowest BCUT2D eigenvalue weighted by Gasteiger charge is -2.29. The molecule has 1 aliphatic rings. The molecule has 1 aromatic carbocycles. The second-order valence-electron chi connectivity index (χ2n) is 4.96. The predicted molar refractivity (Wildman–Crippen MR) is 77.1 cm³/mol. The Kier molecular flexibility index (Phi) is 4.49. The van der Waals surface area contributed by atoms with Gasteiger partial charge in [0.15, 0.2) is 0 Å². The molecule has 20 heavy (non-hydrogen) atoms. The van der Waals surface area contributed by atoms with Crippen molar-refractivity contribution >= 4 is 29.2 Å². The topological polar surface area (TPSA) is 69.6 Å². The summed E-state index contributed by atoms with van der Waals surface area (Å²) >= 11 is 5.93. The van der Waals surface area contributed by atoms with E-state index in [1.54, 1.807) is 31.2 Å². The normalized spacial score (nSPS) is 15.5. The number of carbonyl (C=O) groups excluding carboxylic acids is 1. The fraction of sp³-hybridized carbons (Fsp3) is 0.429. The summed E-state index contributed by atoms with van der Waals surface area (Å²) in [7, 11) is 0. The van der Waals surface area contributed by atoms with Gasteiger partial charge in [-0.1, -0.05) is 17.7 Å². The van der Waals surface area contributed by atoms with Gasteiger partial charge < -0.3 is 15.3 Å². The molecule has 1 aromatic rings. The van der Waals surface area contributed by atoms with E-state index >= 15 is 0 Å². The van der Waals surface area contributed by atoms with E-state index < -0.39 is 12.0 Å². The monoisotopic (exact) mass is 296 g/mol. The van der Waals surface area contributed by atoms with Crippen LogP contribution in [0.1, 0.15) is 19.8 Å². The molecule has 0 bridgehead atoms. The van der Waals surface area contributed by atoms with Gasteiger partial charge >= 0.3 is 5.97 Å². The zero-order valence-corrected chi connectivity index (χ0v) is 11.9. The van der Waals surface area contributed by atoms with Gasteiger partial charge in [-0.25, -0.2) is 0 Å². The van der Waals surface area contributed by atoms with Crippen molar-refractivity contribution in [1.82, 2.24) is 5.32 Å². The summed E-state index contributed by atoms with van der Waals surface area (Å²) in [5.41, 5.74) is 0.623. The van der Waals surface area contributed by atoms with Crippen molar-refractivity contribution < 1.29 is 14.7 Å². The Balaban J connectivity index is 2.17. The van der Waals surface area contributed by atoms with Crippen molar-refractivity contribution in [3.8, 4) is 0 Å². The largest absolute Gasteiger partial charge is 0.480 e. The molecule has 6 heteroatoms. The van der Waals surface area contributed by atoms with Gasteiger partial charge in [0.25, 0.3) is 0 Å². The number of nitrogens with one attached hydrogen (secondary N) is 1. The molecule has 1 unspecified atom stereocenters. The number of carbonyl (C=O) groups is 2. The highest BCUT2D eigenvalue weighted by atomic mass is 35.5. The van der Waals surface area contributed by atoms with Crippen molar-refractivity contribution in [1.29, 1.82) is 0 Å². The van der Waals surface area contributed by atoms with Crippen LogP contribution in [0.3, 0.4) is 0 Å². The van der Waals surface area contributed by atoms with E-state index in [0.29, 0.717) is 10.7 Å². The van der Waals surface area contributed by atoms with Gasteiger partial charge in [-0.15, -0.1) is 0 Å². The molecule has 0 aromatic heterocycles. The van der Waals surface area contributed by atoms with Gasteiger partial charge in [-0.2, -0.15) is 0 Å². The standard InChI is InChI=1S/C14H17ClN2O3/c1-9(14(20)16-11-5-6-11)17(8-13(18)19)12-4-2-3-10(15)7-12/h2-4,7,9,11H,5-6,8H2,1H3,(H,16,20)(H,18,19). The number of halogens is 1. The zero-order chi connectivity index (χ0) is 14.7. The van der Waals surface area contributed by atoms with Crippen LogP contribution < -0.4 is 10.2 Å². The summed E-state index contributed by atoms with van der Waals surface area (Å²) in [6.45, 7) is 1.45. The van der Waals surface area contributed by atoms with Gasteiger partial charge in [-0.3, -0.25) is 9.59 Å². The van der Waals surface area contributed by atoms with E-state index in [1.165, 1.54) is 4.90 Å². The Morgan fingerprint density at radius 3 is 2.75 bits per heavy atom. The van der Waals surface area contributed by atoms with E-state index in [-0.39, 0.29) is 18.5 Å². The first-order chi connectivity index (χ1) is 9.47. The minimum atomic E-state index is -0.990. The molecule has 1 atom stereocenters. The van der Waals surface area contributed by atoms with Crippen molar-refractivity contribution in [3.63, 3.8) is 0 Å². The molecule has 5 nitrogen and oxygen atoms in total. The molecule has 1 fully saturated rings. The molecular formula is C14H17ClN2O3. The predicted octanol–water partition coefficient (Wildman–Crippen LogP) is 1.90. The number of anilines is 1. The van der Waals surface area contributed by atoms with Crippen LogP contribution in [0.5, 0.6) is 0 Å². The molecule has 2 rings (SSSR count). The van der Waals surface area contributed by atoms with Crippen molar-refractivity contribution in [2.45, 2.75) is 31.8 Å². The minimum Gasteiger partial charge on any atom is -0.480 e. The molecule has 1 saturated carbocycles. The summed E-state index contributed by atoms with van der Waals surface area (Å²) in [4.78, 5) is 24.7. The Morgan fingerprint density at radius 1 is 1.50 bits per heavy atom. The van der Waals surface area contributed by atoms with Crippen molar-refractivity contribution in [3.05, 3.63) is 29.3 Å². The summed E-state index contributed by atoms with van der Waals surface area (Å²) < 4.78 is 0. The molecule has 0 spiro atoms. The third-order valence-electron chi connectivity index (χ3n) is 3.22. The zero-order valence-electron chi connectivity index (χ0n) is 11.2. The van der Waals surface area contributed by atoms with Crippen molar-refractivity contribution in [2.24, 2.45) is 0 Å². The van der Waals surface area contributed by atoms with Crippen LogP contribution >= 0.6 is 11.6 Å². The van der Waals surface area contributed by atoms with Gasteiger partial charge in [0.05, 0.1) is 0 Å². The first-order valence-electron chi connectivity index (χ1n) is 6.51. The third-order valence-corrected chi connectivity index (χ3v) is 3.45. The Bertz CT molecular complexity index is 517. The molecule has 0 aliphatic heterocycles. The van der Waals surface area contributed by atoms with Crippen LogP contribution in [0.15, 0.2) is 24.3 Å². The fourth-order valence-corrected chi connectivity index (χ4v) is 2.13. The fourth-order valence-electron chi connectivity index (χ4n) is 1.94. The van der Waals surface area contributed by atoms with Crippen LogP contribution in [0.2, 0.25) is 5.02 Å². The smallest absolute Gasteiger partial charge is 0.323 e. The maximum atomic E-state index is 12.1. The summed E-state index contributed by atoms with van der Waals surface area (Å²) in [6, 6.07) is 6.53. The number of hydrogen-bond donors (Lipinski definition) is 2. The Labute approximate surface area is 122 Å². The lowest BCUT2D eigenvalue weighted by Crippen LogP contribution is -2.48. The van der Waals surface area contributed by atoms with Crippen LogP contribution in [0.25, 0.3) is 0 Å². The highest BCUT2D eigenvalue weighted by Gasteiger charge is 2.29. The molecule has 1 aliphatic carbocycles. The number of rotatable bonds is 6. The third kappa shape index (κ3) is 3.87. The maximum absolute atomic E-state index is 12.1. The number of nitrogens with zero attached hydrogens (tertiary/aromatic N) is 1. The van der Waals surface area contributed by atoms with E-state index in [4.69, 9.17) is 16.7 Å². The number of carboxylic acid groups (broad SMARTS) is 1. The number of benzene rings is 1. The number of hydrogen-bond acceptors (Lipinski definition) is 3. The van der Waals surface area contributed by atoms with E-state index in [9.17, 15) is 9.59 Å². The lowest BCUT2D eigenvalue weighted by atomic mass is 10.2. The quantitative estimate of drug-likeness (QED) is 0.841.